The van der Waals surface area contributed by atoms with Gasteiger partial charge in [0, 0.05) is 39.3 Å². The van der Waals surface area contributed by atoms with Crippen LogP contribution in [0.1, 0.15) is 17.2 Å². The summed E-state index contributed by atoms with van der Waals surface area (Å²) in [4.78, 5) is 29.0. The molecule has 1 aliphatic rings. The number of hydrogen-bond acceptors (Lipinski definition) is 4. The van der Waals surface area contributed by atoms with Crippen molar-refractivity contribution in [2.24, 2.45) is 0 Å². The van der Waals surface area contributed by atoms with Crippen molar-refractivity contribution in [3.8, 4) is 0 Å². The van der Waals surface area contributed by atoms with E-state index < -0.39 is 11.8 Å². The van der Waals surface area contributed by atoms with Gasteiger partial charge in [-0.3, -0.25) is 14.5 Å². The summed E-state index contributed by atoms with van der Waals surface area (Å²) in [6, 6.07) is 16.0. The fraction of sp³-hybridized carbons (Fsp3) is 0.391. The molecule has 0 saturated carbocycles. The van der Waals surface area contributed by atoms with E-state index in [1.54, 1.807) is 12.1 Å². The summed E-state index contributed by atoms with van der Waals surface area (Å²) >= 11 is 0. The first-order chi connectivity index (χ1) is 14.5. The van der Waals surface area contributed by atoms with Gasteiger partial charge in [-0.15, -0.1) is 0 Å². The van der Waals surface area contributed by atoms with E-state index in [-0.39, 0.29) is 11.9 Å². The van der Waals surface area contributed by atoms with Crippen molar-refractivity contribution in [3.05, 3.63) is 71.5 Å². The topological polar surface area (TPSA) is 64.7 Å². The summed E-state index contributed by atoms with van der Waals surface area (Å²) in [6.45, 7) is 4.23. The molecule has 0 spiro atoms. The Labute approximate surface area is 177 Å². The maximum Gasteiger partial charge on any atom is 0.309 e. The molecule has 160 valence electrons. The Morgan fingerprint density at radius 1 is 0.933 bits per heavy atom. The minimum absolute atomic E-state index is 0.111. The Morgan fingerprint density at radius 3 is 2.23 bits per heavy atom. The molecule has 1 heterocycles. The second kappa shape index (κ2) is 10.8. The molecule has 0 aromatic heterocycles. The van der Waals surface area contributed by atoms with Gasteiger partial charge < -0.3 is 15.5 Å². The molecule has 2 N–H and O–H groups in total. The van der Waals surface area contributed by atoms with E-state index in [4.69, 9.17) is 0 Å². The lowest BCUT2D eigenvalue weighted by atomic mass is 10.0. The largest absolute Gasteiger partial charge is 0.348 e. The quantitative estimate of drug-likeness (QED) is 0.678. The number of halogens is 1. The molecule has 1 unspecified atom stereocenters. The van der Waals surface area contributed by atoms with Crippen molar-refractivity contribution in [1.82, 2.24) is 20.4 Å². The summed E-state index contributed by atoms with van der Waals surface area (Å²) in [5.41, 5.74) is 2.02. The van der Waals surface area contributed by atoms with Crippen LogP contribution in [-0.4, -0.2) is 67.9 Å². The molecule has 1 fully saturated rings. The standard InChI is InChI=1S/C23H29FN4O2/c1-27-13-15-28(16-14-27)21(19-7-9-20(24)10-8-19)17-26-23(30)22(29)25-12-11-18-5-3-2-4-6-18/h2-10,21H,11-17H2,1H3,(H,25,29)(H,26,30). The van der Waals surface area contributed by atoms with Gasteiger partial charge in [0.25, 0.3) is 0 Å². The maximum atomic E-state index is 13.4. The van der Waals surface area contributed by atoms with E-state index in [0.29, 0.717) is 19.5 Å². The number of hydrogen-bond donors (Lipinski definition) is 2. The first-order valence-corrected chi connectivity index (χ1v) is 10.3. The molecule has 7 heteroatoms. The number of nitrogens with zero attached hydrogens (tertiary/aromatic N) is 2. The van der Waals surface area contributed by atoms with E-state index >= 15 is 0 Å². The van der Waals surface area contributed by atoms with Crippen LogP contribution in [0.2, 0.25) is 0 Å². The second-order valence-electron chi connectivity index (χ2n) is 7.61. The molecule has 0 aliphatic carbocycles. The van der Waals surface area contributed by atoms with Crippen LogP contribution in [0.25, 0.3) is 0 Å². The van der Waals surface area contributed by atoms with Gasteiger partial charge in [0.1, 0.15) is 5.82 Å². The van der Waals surface area contributed by atoms with Crippen molar-refractivity contribution in [1.29, 1.82) is 0 Å². The Hall–Kier alpha value is -2.77. The lowest BCUT2D eigenvalue weighted by Gasteiger charge is -2.38. The summed E-state index contributed by atoms with van der Waals surface area (Å²) < 4.78 is 13.4. The Bertz CT molecular complexity index is 821. The normalized spacial score (nSPS) is 16.1. The molecule has 6 nitrogen and oxygen atoms in total. The second-order valence-corrected chi connectivity index (χ2v) is 7.61. The van der Waals surface area contributed by atoms with Gasteiger partial charge >= 0.3 is 11.8 Å². The smallest absolute Gasteiger partial charge is 0.309 e. The van der Waals surface area contributed by atoms with Crippen molar-refractivity contribution < 1.29 is 14.0 Å². The van der Waals surface area contributed by atoms with E-state index in [1.807, 2.05) is 30.3 Å². The minimum atomic E-state index is -0.649. The van der Waals surface area contributed by atoms with Crippen LogP contribution < -0.4 is 10.6 Å². The van der Waals surface area contributed by atoms with E-state index in [2.05, 4.69) is 27.5 Å². The van der Waals surface area contributed by atoms with Crippen molar-refractivity contribution in [3.63, 3.8) is 0 Å². The van der Waals surface area contributed by atoms with Gasteiger partial charge in [-0.25, -0.2) is 4.39 Å². The monoisotopic (exact) mass is 412 g/mol. The Morgan fingerprint density at radius 2 is 1.57 bits per heavy atom. The van der Waals surface area contributed by atoms with Gasteiger partial charge in [0.05, 0.1) is 6.04 Å². The van der Waals surface area contributed by atoms with Gasteiger partial charge in [0.15, 0.2) is 0 Å². The van der Waals surface area contributed by atoms with Crippen LogP contribution in [-0.2, 0) is 16.0 Å². The fourth-order valence-electron chi connectivity index (χ4n) is 3.59. The molecule has 1 saturated heterocycles. The van der Waals surface area contributed by atoms with Crippen LogP contribution >= 0.6 is 0 Å². The molecule has 0 bridgehead atoms. The highest BCUT2D eigenvalue weighted by molar-refractivity contribution is 6.35. The van der Waals surface area contributed by atoms with Gasteiger partial charge in [-0.1, -0.05) is 42.5 Å². The number of carbonyl (C=O) groups excluding carboxylic acids is 2. The zero-order valence-electron chi connectivity index (χ0n) is 17.3. The van der Waals surface area contributed by atoms with E-state index in [0.717, 1.165) is 37.3 Å². The molecule has 0 radical (unpaired) electrons. The Balaban J connectivity index is 1.54. The highest BCUT2D eigenvalue weighted by Gasteiger charge is 2.25. The average Bonchev–Trinajstić information content (AvgIpc) is 2.76. The average molecular weight is 413 g/mol. The molecule has 2 aromatic rings. The number of amides is 2. The zero-order chi connectivity index (χ0) is 21.3. The van der Waals surface area contributed by atoms with Gasteiger partial charge in [0.2, 0.25) is 0 Å². The molecular weight excluding hydrogens is 383 g/mol. The molecule has 1 atom stereocenters. The van der Waals surface area contributed by atoms with Crippen LogP contribution in [0.3, 0.4) is 0 Å². The lowest BCUT2D eigenvalue weighted by Crippen LogP contribution is -2.49. The zero-order valence-corrected chi connectivity index (χ0v) is 17.3. The number of piperazine rings is 1. The molecule has 3 rings (SSSR count). The predicted octanol–water partition coefficient (Wildman–Crippen LogP) is 1.59. The molecule has 2 amide bonds. The highest BCUT2D eigenvalue weighted by Crippen LogP contribution is 2.22. The first kappa shape index (κ1) is 21.9. The summed E-state index contributed by atoms with van der Waals surface area (Å²) in [5.74, 6) is -1.58. The lowest BCUT2D eigenvalue weighted by molar-refractivity contribution is -0.139. The number of benzene rings is 2. The number of likely N-dealkylation sites (N-methyl/N-ethyl adjacent to an activating group) is 1. The van der Waals surface area contributed by atoms with Crippen molar-refractivity contribution in [2.75, 3.05) is 46.3 Å². The summed E-state index contributed by atoms with van der Waals surface area (Å²) in [7, 11) is 2.08. The van der Waals surface area contributed by atoms with Gasteiger partial charge in [-0.05, 0) is 36.7 Å². The summed E-state index contributed by atoms with van der Waals surface area (Å²) in [6.07, 6.45) is 0.666. The Kier molecular flexibility index (Phi) is 7.93. The molecule has 30 heavy (non-hydrogen) atoms. The third kappa shape index (κ3) is 6.37. The van der Waals surface area contributed by atoms with Crippen molar-refractivity contribution in [2.45, 2.75) is 12.5 Å². The first-order valence-electron chi connectivity index (χ1n) is 10.3. The van der Waals surface area contributed by atoms with Crippen LogP contribution in [0, 0.1) is 5.82 Å². The van der Waals surface area contributed by atoms with Crippen molar-refractivity contribution >= 4 is 11.8 Å². The fourth-order valence-corrected chi connectivity index (χ4v) is 3.59. The molecule has 2 aromatic carbocycles. The molecule has 1 aliphatic heterocycles. The predicted molar refractivity (Wildman–Crippen MR) is 114 cm³/mol. The number of carbonyl (C=O) groups is 2. The highest BCUT2D eigenvalue weighted by atomic mass is 19.1. The molecular formula is C23H29FN4O2. The number of nitrogens with one attached hydrogen (secondary N) is 2. The SMILES string of the molecule is CN1CCN(C(CNC(=O)C(=O)NCCc2ccccc2)c2ccc(F)cc2)CC1. The maximum absolute atomic E-state index is 13.4. The third-order valence-corrected chi connectivity index (χ3v) is 5.44. The summed E-state index contributed by atoms with van der Waals surface area (Å²) in [5, 5.41) is 5.42. The van der Waals surface area contributed by atoms with Gasteiger partial charge in [-0.2, -0.15) is 0 Å². The third-order valence-electron chi connectivity index (χ3n) is 5.44. The number of rotatable bonds is 7. The van der Waals surface area contributed by atoms with E-state index in [1.165, 1.54) is 12.1 Å². The van der Waals surface area contributed by atoms with Crippen LogP contribution in [0.5, 0.6) is 0 Å². The van der Waals surface area contributed by atoms with Crippen LogP contribution in [0.4, 0.5) is 4.39 Å². The minimum Gasteiger partial charge on any atom is -0.348 e. The van der Waals surface area contributed by atoms with Crippen LogP contribution in [0.15, 0.2) is 54.6 Å². The van der Waals surface area contributed by atoms with E-state index in [9.17, 15) is 14.0 Å².